The van der Waals surface area contributed by atoms with E-state index in [1.807, 2.05) is 11.4 Å². The van der Waals surface area contributed by atoms with Crippen LogP contribution in [-0.4, -0.2) is 41.0 Å². The van der Waals surface area contributed by atoms with Gasteiger partial charge in [-0.3, -0.25) is 5.43 Å². The molecule has 2 aromatic rings. The summed E-state index contributed by atoms with van der Waals surface area (Å²) in [5, 5.41) is 6.45. The summed E-state index contributed by atoms with van der Waals surface area (Å²) in [5.41, 5.74) is 2.51. The molecule has 2 aromatic heterocycles. The Bertz CT molecular complexity index is 537. The summed E-state index contributed by atoms with van der Waals surface area (Å²) in [6, 6.07) is 2.03. The van der Waals surface area contributed by atoms with Gasteiger partial charge in [0.2, 0.25) is 5.95 Å². The molecule has 0 fully saturated rings. The normalized spacial score (nSPS) is 11.2. The fourth-order valence-electron chi connectivity index (χ4n) is 2.10. The highest BCUT2D eigenvalue weighted by Crippen LogP contribution is 2.26. The van der Waals surface area contributed by atoms with Gasteiger partial charge < -0.3 is 10.2 Å². The van der Waals surface area contributed by atoms with Crippen LogP contribution in [0.3, 0.4) is 0 Å². The number of fused-ring (bicyclic) bond motifs is 1. The van der Waals surface area contributed by atoms with Crippen LogP contribution in [0, 0.1) is 0 Å². The van der Waals surface area contributed by atoms with Gasteiger partial charge in [-0.15, -0.1) is 11.3 Å². The maximum atomic E-state index is 5.40. The topological polar surface area (TPSA) is 79.1 Å². The molecule has 0 bridgehead atoms. The molecule has 0 aromatic carbocycles. The second-order valence-electron chi connectivity index (χ2n) is 4.49. The molecular formula is C13H22N6S. The van der Waals surface area contributed by atoms with Crippen LogP contribution in [0.1, 0.15) is 20.3 Å². The van der Waals surface area contributed by atoms with Crippen molar-refractivity contribution in [1.29, 1.82) is 0 Å². The number of hydrogen-bond acceptors (Lipinski definition) is 7. The number of nitrogens with one attached hydrogen (secondary N) is 2. The molecule has 0 radical (unpaired) electrons. The van der Waals surface area contributed by atoms with E-state index in [-0.39, 0.29) is 0 Å². The molecule has 20 heavy (non-hydrogen) atoms. The Morgan fingerprint density at radius 1 is 1.30 bits per heavy atom. The van der Waals surface area contributed by atoms with E-state index in [1.54, 1.807) is 11.3 Å². The van der Waals surface area contributed by atoms with Crippen molar-refractivity contribution in [3.8, 4) is 0 Å². The number of rotatable bonds is 8. The fourth-order valence-corrected chi connectivity index (χ4v) is 2.87. The third-order valence-electron chi connectivity index (χ3n) is 3.29. The third-order valence-corrected chi connectivity index (χ3v) is 4.10. The summed E-state index contributed by atoms with van der Waals surface area (Å²) >= 11 is 1.59. The first-order valence-electron chi connectivity index (χ1n) is 6.96. The highest BCUT2D eigenvalue weighted by atomic mass is 32.1. The molecule has 0 atom stereocenters. The SMILES string of the molecule is CCN(CC)CCCNc1nc(NN)nc2sccc12. The lowest BCUT2D eigenvalue weighted by atomic mass is 10.3. The minimum Gasteiger partial charge on any atom is -0.369 e. The molecule has 110 valence electrons. The van der Waals surface area contributed by atoms with E-state index in [2.05, 4.69) is 39.5 Å². The average molecular weight is 294 g/mol. The molecule has 0 spiro atoms. The number of anilines is 2. The van der Waals surface area contributed by atoms with Crippen molar-refractivity contribution in [3.63, 3.8) is 0 Å². The highest BCUT2D eigenvalue weighted by Gasteiger charge is 2.08. The Morgan fingerprint density at radius 2 is 2.10 bits per heavy atom. The molecule has 7 heteroatoms. The lowest BCUT2D eigenvalue weighted by Crippen LogP contribution is -2.25. The van der Waals surface area contributed by atoms with Crippen LogP contribution in [0.5, 0.6) is 0 Å². The number of thiophene rings is 1. The lowest BCUT2D eigenvalue weighted by Gasteiger charge is -2.17. The minimum absolute atomic E-state index is 0.450. The zero-order chi connectivity index (χ0) is 14.4. The van der Waals surface area contributed by atoms with Crippen LogP contribution in [0.4, 0.5) is 11.8 Å². The zero-order valence-electron chi connectivity index (χ0n) is 12.0. The van der Waals surface area contributed by atoms with Gasteiger partial charge in [0.1, 0.15) is 10.6 Å². The van der Waals surface area contributed by atoms with Gasteiger partial charge in [0.15, 0.2) is 0 Å². The quantitative estimate of drug-likeness (QED) is 0.393. The molecule has 0 amide bonds. The summed E-state index contributed by atoms with van der Waals surface area (Å²) in [4.78, 5) is 12.1. The van der Waals surface area contributed by atoms with Crippen molar-refractivity contribution in [1.82, 2.24) is 14.9 Å². The van der Waals surface area contributed by atoms with Gasteiger partial charge in [0, 0.05) is 6.54 Å². The maximum Gasteiger partial charge on any atom is 0.240 e. The largest absolute Gasteiger partial charge is 0.369 e. The van der Waals surface area contributed by atoms with Crippen LogP contribution >= 0.6 is 11.3 Å². The van der Waals surface area contributed by atoms with Gasteiger partial charge in [0.25, 0.3) is 0 Å². The smallest absolute Gasteiger partial charge is 0.240 e. The molecule has 0 saturated carbocycles. The van der Waals surface area contributed by atoms with Gasteiger partial charge in [0.05, 0.1) is 5.39 Å². The van der Waals surface area contributed by atoms with E-state index < -0.39 is 0 Å². The van der Waals surface area contributed by atoms with E-state index >= 15 is 0 Å². The van der Waals surface area contributed by atoms with Crippen LogP contribution in [0.15, 0.2) is 11.4 Å². The first-order chi connectivity index (χ1) is 9.78. The molecule has 4 N–H and O–H groups in total. The summed E-state index contributed by atoms with van der Waals surface area (Å²) in [6.07, 6.45) is 1.09. The fraction of sp³-hybridized carbons (Fsp3) is 0.538. The third kappa shape index (κ3) is 3.56. The number of hydrazine groups is 1. The predicted octanol–water partition coefficient (Wildman–Crippen LogP) is 2.12. The first-order valence-corrected chi connectivity index (χ1v) is 7.84. The number of hydrogen-bond donors (Lipinski definition) is 3. The maximum absolute atomic E-state index is 5.40. The monoisotopic (exact) mass is 294 g/mol. The number of nitrogens with two attached hydrogens (primary N) is 1. The van der Waals surface area contributed by atoms with Gasteiger partial charge in [-0.25, -0.2) is 10.8 Å². The second-order valence-corrected chi connectivity index (χ2v) is 5.38. The van der Waals surface area contributed by atoms with Gasteiger partial charge in [-0.2, -0.15) is 4.98 Å². The van der Waals surface area contributed by atoms with E-state index in [4.69, 9.17) is 5.84 Å². The Morgan fingerprint density at radius 3 is 2.80 bits per heavy atom. The van der Waals surface area contributed by atoms with Crippen molar-refractivity contribution in [2.45, 2.75) is 20.3 Å². The minimum atomic E-state index is 0.450. The number of nitrogen functional groups attached to an aromatic ring is 1. The van der Waals surface area contributed by atoms with Gasteiger partial charge in [-0.05, 0) is 37.5 Å². The van der Waals surface area contributed by atoms with Crippen LogP contribution < -0.4 is 16.6 Å². The first kappa shape index (κ1) is 15.0. The Hall–Kier alpha value is -1.44. The van der Waals surface area contributed by atoms with Gasteiger partial charge >= 0.3 is 0 Å². The molecule has 0 unspecified atom stereocenters. The van der Waals surface area contributed by atoms with Crippen molar-refractivity contribution < 1.29 is 0 Å². The standard InChI is InChI=1S/C13H22N6S/c1-3-19(4-2)8-5-7-15-11-10-6-9-20-12(10)17-13(16-11)18-14/h6,9H,3-5,7-8,14H2,1-2H3,(H2,15,16,17,18). The Balaban J connectivity index is 1.97. The number of nitrogens with zero attached hydrogens (tertiary/aromatic N) is 3. The molecule has 0 aliphatic carbocycles. The zero-order valence-corrected chi connectivity index (χ0v) is 12.8. The molecule has 2 heterocycles. The van der Waals surface area contributed by atoms with E-state index in [0.717, 1.165) is 48.6 Å². The summed E-state index contributed by atoms with van der Waals surface area (Å²) in [5.74, 6) is 6.71. The van der Waals surface area contributed by atoms with Crippen LogP contribution in [0.25, 0.3) is 10.2 Å². The summed E-state index contributed by atoms with van der Waals surface area (Å²) < 4.78 is 0. The van der Waals surface area contributed by atoms with E-state index in [9.17, 15) is 0 Å². The molecule has 0 aliphatic rings. The summed E-state index contributed by atoms with van der Waals surface area (Å²) in [7, 11) is 0. The Labute approximate surface area is 123 Å². The molecular weight excluding hydrogens is 272 g/mol. The lowest BCUT2D eigenvalue weighted by molar-refractivity contribution is 0.303. The molecule has 0 saturated heterocycles. The molecule has 0 aliphatic heterocycles. The Kier molecular flexibility index (Phi) is 5.51. The average Bonchev–Trinajstić information content (AvgIpc) is 2.95. The van der Waals surface area contributed by atoms with Crippen molar-refractivity contribution >= 4 is 33.3 Å². The second kappa shape index (κ2) is 7.37. The van der Waals surface area contributed by atoms with E-state index in [0.29, 0.717) is 5.95 Å². The summed E-state index contributed by atoms with van der Waals surface area (Å²) in [6.45, 7) is 8.56. The van der Waals surface area contributed by atoms with Gasteiger partial charge in [-0.1, -0.05) is 13.8 Å². The highest BCUT2D eigenvalue weighted by molar-refractivity contribution is 7.16. The number of aromatic nitrogens is 2. The van der Waals surface area contributed by atoms with Crippen molar-refractivity contribution in [3.05, 3.63) is 11.4 Å². The van der Waals surface area contributed by atoms with Crippen LogP contribution in [0.2, 0.25) is 0 Å². The van der Waals surface area contributed by atoms with E-state index in [1.165, 1.54) is 0 Å². The molecule has 6 nitrogen and oxygen atoms in total. The van der Waals surface area contributed by atoms with Crippen LogP contribution in [-0.2, 0) is 0 Å². The van der Waals surface area contributed by atoms with Crippen molar-refractivity contribution in [2.24, 2.45) is 5.84 Å². The predicted molar refractivity (Wildman–Crippen MR) is 86.1 cm³/mol. The van der Waals surface area contributed by atoms with Crippen molar-refractivity contribution in [2.75, 3.05) is 36.9 Å². The molecule has 2 rings (SSSR count).